The molecule has 9 nitrogen and oxygen atoms in total. The van der Waals surface area contributed by atoms with Crippen molar-refractivity contribution in [3.8, 4) is 0 Å². The van der Waals surface area contributed by atoms with E-state index in [0.29, 0.717) is 0 Å². The van der Waals surface area contributed by atoms with Gasteiger partial charge in [0.05, 0.1) is 0 Å². The Labute approximate surface area is 120 Å². The number of rotatable bonds is 7. The molecule has 0 amide bonds. The van der Waals surface area contributed by atoms with E-state index in [4.69, 9.17) is 25.1 Å². The third-order valence-corrected chi connectivity index (χ3v) is 3.00. The maximum absolute atomic E-state index is 10.7. The van der Waals surface area contributed by atoms with Crippen molar-refractivity contribution in [2.45, 2.75) is 12.8 Å². The molecule has 0 aromatic rings. The molecule has 0 spiro atoms. The molecule has 0 aromatic heterocycles. The van der Waals surface area contributed by atoms with Gasteiger partial charge in [0.1, 0.15) is 0 Å². The van der Waals surface area contributed by atoms with Gasteiger partial charge < -0.3 is 25.1 Å². The first-order valence-electron chi connectivity index (χ1n) is 4.29. The predicted octanol–water partition coefficient (Wildman–Crippen LogP) is -0.818. The summed E-state index contributed by atoms with van der Waals surface area (Å²) in [6.45, 7) is 0. The molecule has 0 saturated heterocycles. The van der Waals surface area contributed by atoms with Crippen molar-refractivity contribution < 1.29 is 70.3 Å². The van der Waals surface area contributed by atoms with E-state index in [9.17, 15) is 18.9 Å². The van der Waals surface area contributed by atoms with Gasteiger partial charge >= 0.3 is 25.5 Å². The van der Waals surface area contributed by atoms with Gasteiger partial charge in [-0.2, -0.15) is 0 Å². The monoisotopic (exact) mass is 360 g/mol. The summed E-state index contributed by atoms with van der Waals surface area (Å²) in [4.78, 5) is 49.1. The zero-order valence-electron chi connectivity index (χ0n) is 8.94. The van der Waals surface area contributed by atoms with Gasteiger partial charge in [0, 0.05) is 32.4 Å². The van der Waals surface area contributed by atoms with Crippen LogP contribution >= 0.6 is 7.60 Å². The third-order valence-electron chi connectivity index (χ3n) is 2.10. The molecule has 102 valence electrons. The smallest absolute Gasteiger partial charge is 0.332 e. The van der Waals surface area contributed by atoms with Crippen molar-refractivity contribution in [2.75, 3.05) is 6.16 Å². The Morgan fingerprint density at radius 1 is 0.944 bits per heavy atom. The molecule has 0 rings (SSSR count). The normalized spacial score (nSPS) is 11.4. The van der Waals surface area contributed by atoms with Crippen LogP contribution in [0.2, 0.25) is 0 Å². The topological polar surface area (TPSA) is 169 Å². The van der Waals surface area contributed by atoms with Gasteiger partial charge in [0.2, 0.25) is 0 Å². The zero-order chi connectivity index (χ0) is 13.9. The second-order valence-corrected chi connectivity index (χ2v) is 5.09. The Morgan fingerprint density at radius 2 is 1.28 bits per heavy atom. The molecule has 0 aliphatic carbocycles. The fraction of sp³-hybridized carbons (Fsp3) is 0.571. The standard InChI is InChI=1S/C7H11O9P.Zr/c8-4(9)7(5(10)11,6(12)13)2-1-3-17(14,15)16;/h1-3H2,(H,8,9)(H,10,11)(H,12,13)(H2,14,15,16);. The Bertz CT molecular complexity index is 350. The van der Waals surface area contributed by atoms with E-state index >= 15 is 0 Å². The summed E-state index contributed by atoms with van der Waals surface area (Å²) in [6, 6.07) is 0. The fourth-order valence-corrected chi connectivity index (χ4v) is 1.72. The van der Waals surface area contributed by atoms with Crippen molar-refractivity contribution in [3.63, 3.8) is 0 Å². The molecule has 0 saturated carbocycles. The summed E-state index contributed by atoms with van der Waals surface area (Å²) in [6.07, 6.45) is -2.21. The third kappa shape index (κ3) is 4.98. The summed E-state index contributed by atoms with van der Waals surface area (Å²) in [5.41, 5.74) is -3.07. The number of carboxylic acids is 3. The van der Waals surface area contributed by atoms with Crippen molar-refractivity contribution in [1.82, 2.24) is 0 Å². The van der Waals surface area contributed by atoms with Crippen LogP contribution in [0.4, 0.5) is 0 Å². The van der Waals surface area contributed by atoms with E-state index in [1.165, 1.54) is 0 Å². The molecule has 0 aliphatic heterocycles. The maximum Gasteiger partial charge on any atom is 0.332 e. The van der Waals surface area contributed by atoms with Crippen LogP contribution < -0.4 is 0 Å². The molecule has 18 heavy (non-hydrogen) atoms. The molecule has 11 heteroatoms. The summed E-state index contributed by atoms with van der Waals surface area (Å²) in [7, 11) is -4.42. The molecular weight excluding hydrogens is 350 g/mol. The minimum Gasteiger partial charge on any atom is -0.480 e. The molecule has 0 fully saturated rings. The van der Waals surface area contributed by atoms with Crippen molar-refractivity contribution in [1.29, 1.82) is 0 Å². The number of hydrogen-bond acceptors (Lipinski definition) is 4. The summed E-state index contributed by atoms with van der Waals surface area (Å²) < 4.78 is 10.5. The first-order chi connectivity index (χ1) is 7.54. The van der Waals surface area contributed by atoms with Gasteiger partial charge in [-0.15, -0.1) is 0 Å². The second kappa shape index (κ2) is 7.14. The quantitative estimate of drug-likeness (QED) is 0.287. The molecule has 0 bridgehead atoms. The minimum absolute atomic E-state index is 0. The van der Waals surface area contributed by atoms with Crippen LogP contribution in [0.25, 0.3) is 0 Å². The molecular formula is C7H11O9PZr. The van der Waals surface area contributed by atoms with E-state index in [-0.39, 0.29) is 26.2 Å². The summed E-state index contributed by atoms with van der Waals surface area (Å²) >= 11 is 0. The predicted molar refractivity (Wildman–Crippen MR) is 51.5 cm³/mol. The maximum atomic E-state index is 10.7. The Kier molecular flexibility index (Phi) is 7.84. The van der Waals surface area contributed by atoms with Crippen LogP contribution in [-0.4, -0.2) is 49.2 Å². The van der Waals surface area contributed by atoms with Gasteiger partial charge in [0.15, 0.2) is 0 Å². The van der Waals surface area contributed by atoms with Crippen LogP contribution in [-0.2, 0) is 45.2 Å². The first kappa shape index (κ1) is 19.8. The van der Waals surface area contributed by atoms with Crippen LogP contribution in [0, 0.1) is 5.41 Å². The van der Waals surface area contributed by atoms with Gasteiger partial charge in [-0.05, 0) is 12.8 Å². The van der Waals surface area contributed by atoms with Crippen LogP contribution in [0.15, 0.2) is 0 Å². The zero-order valence-corrected chi connectivity index (χ0v) is 12.3. The molecule has 5 N–H and O–H groups in total. The van der Waals surface area contributed by atoms with Crippen molar-refractivity contribution >= 4 is 25.5 Å². The van der Waals surface area contributed by atoms with E-state index in [0.717, 1.165) is 0 Å². The van der Waals surface area contributed by atoms with Gasteiger partial charge in [-0.3, -0.25) is 18.9 Å². The molecule has 0 aromatic carbocycles. The Hall–Kier alpha value is -0.557. The number of carboxylic acid groups (broad SMARTS) is 3. The largest absolute Gasteiger partial charge is 0.480 e. The average Bonchev–Trinajstić information content (AvgIpc) is 2.08. The van der Waals surface area contributed by atoms with Crippen molar-refractivity contribution in [2.24, 2.45) is 5.41 Å². The number of aliphatic carboxylic acids is 3. The van der Waals surface area contributed by atoms with E-state index in [1.807, 2.05) is 0 Å². The Morgan fingerprint density at radius 3 is 1.50 bits per heavy atom. The van der Waals surface area contributed by atoms with Crippen LogP contribution in [0.1, 0.15) is 12.8 Å². The molecule has 0 heterocycles. The average molecular weight is 361 g/mol. The molecule has 0 radical (unpaired) electrons. The summed E-state index contributed by atoms with van der Waals surface area (Å²) in [5.74, 6) is -6.24. The van der Waals surface area contributed by atoms with E-state index in [2.05, 4.69) is 0 Å². The Balaban J connectivity index is 0. The summed E-state index contributed by atoms with van der Waals surface area (Å²) in [5, 5.41) is 25.9. The fourth-order valence-electron chi connectivity index (χ4n) is 1.15. The van der Waals surface area contributed by atoms with Gasteiger partial charge in [-0.1, -0.05) is 0 Å². The van der Waals surface area contributed by atoms with Crippen LogP contribution in [0.5, 0.6) is 0 Å². The second-order valence-electron chi connectivity index (χ2n) is 3.31. The number of hydrogen-bond donors (Lipinski definition) is 5. The van der Waals surface area contributed by atoms with Crippen molar-refractivity contribution in [3.05, 3.63) is 0 Å². The first-order valence-corrected chi connectivity index (χ1v) is 6.08. The SMILES string of the molecule is O=C(O)C(CCCP(=O)(O)O)(C(=O)O)C(=O)O.[Zr]. The number of carbonyl (C=O) groups is 3. The molecule has 0 aliphatic rings. The van der Waals surface area contributed by atoms with Gasteiger partial charge in [-0.25, -0.2) is 0 Å². The van der Waals surface area contributed by atoms with Gasteiger partial charge in [0.25, 0.3) is 5.41 Å². The molecule has 0 atom stereocenters. The molecule has 0 unspecified atom stereocenters. The minimum atomic E-state index is -4.42. The van der Waals surface area contributed by atoms with E-state index < -0.39 is 49.9 Å². The van der Waals surface area contributed by atoms with Crippen LogP contribution in [0.3, 0.4) is 0 Å². The van der Waals surface area contributed by atoms with E-state index in [1.54, 1.807) is 0 Å².